The molecule has 1 aromatic carbocycles. The van der Waals surface area contributed by atoms with Crippen LogP contribution in [0.15, 0.2) is 47.5 Å². The first kappa shape index (κ1) is 31.0. The minimum absolute atomic E-state index is 0.0488. The second kappa shape index (κ2) is 9.80. The highest BCUT2D eigenvalue weighted by Gasteiger charge is 2.65. The van der Waals surface area contributed by atoms with Crippen LogP contribution in [-0.2, 0) is 9.59 Å². The average Bonchev–Trinajstić information content (AvgIpc) is 3.22. The summed E-state index contributed by atoms with van der Waals surface area (Å²) < 4.78 is 109. The molecule has 3 unspecified atom stereocenters. The number of aromatic nitrogens is 1. The molecule has 1 saturated carbocycles. The van der Waals surface area contributed by atoms with Gasteiger partial charge in [0.2, 0.25) is 23.7 Å². The number of rotatable bonds is 7. The molecule has 1 saturated heterocycles. The molecule has 0 bridgehead atoms. The quantitative estimate of drug-likeness (QED) is 0.272. The van der Waals surface area contributed by atoms with Crippen LogP contribution in [0.5, 0.6) is 0 Å². The summed E-state index contributed by atoms with van der Waals surface area (Å²) in [6.07, 6.45) is -0.510. The number of halogens is 8. The van der Waals surface area contributed by atoms with Gasteiger partial charge in [-0.05, 0) is 50.1 Å². The third kappa shape index (κ3) is 7.27. The molecule has 1 aromatic heterocycles. The smallest absolute Gasteiger partial charge is 0.310 e. The number of nitrogens with zero attached hydrogens (tertiary/aromatic N) is 2. The average molecular weight is 617 g/mol. The SMILES string of the molecule is CC1(O)CNC(C(=O)N(c2ccc(S(F)(F)(F)(F)F)cc2)C(C(=O)NC2CCC(F)(F)CC2)c2cccnc2F)C1. The second-order valence-corrected chi connectivity index (χ2v) is 13.1. The highest BCUT2D eigenvalue weighted by Crippen LogP contribution is 3.02. The standard InChI is InChI=1S/C25H28F8N4O3S/c1-24(40)13-19(35-14-24)23(39)37(16-4-6-17(7-5-16)41(29,30,31,32)33)20(18-3-2-12-34-21(18)26)22(38)36-15-8-10-25(27,28)11-9-15/h2-7,12,15,19-20,35,40H,8-11,13-14H2,1H3,(H,36,38). The first-order chi connectivity index (χ1) is 18.7. The van der Waals surface area contributed by atoms with Crippen LogP contribution >= 0.6 is 10.2 Å². The van der Waals surface area contributed by atoms with E-state index in [-0.39, 0.29) is 37.9 Å². The number of pyridine rings is 1. The molecule has 4 rings (SSSR count). The fourth-order valence-electron chi connectivity index (χ4n) is 5.00. The van der Waals surface area contributed by atoms with Gasteiger partial charge >= 0.3 is 10.2 Å². The molecule has 41 heavy (non-hydrogen) atoms. The maximum Gasteiger partial charge on any atom is 0.310 e. The van der Waals surface area contributed by atoms with Crippen molar-refractivity contribution in [2.75, 3.05) is 11.4 Å². The van der Waals surface area contributed by atoms with E-state index < -0.39 is 86.6 Å². The molecule has 16 heteroatoms. The molecule has 1 aliphatic heterocycles. The van der Waals surface area contributed by atoms with Crippen LogP contribution in [0.1, 0.15) is 50.6 Å². The molecule has 3 atom stereocenters. The minimum Gasteiger partial charge on any atom is -0.389 e. The molecule has 2 heterocycles. The number of anilines is 1. The predicted molar refractivity (Wildman–Crippen MR) is 135 cm³/mol. The van der Waals surface area contributed by atoms with Crippen LogP contribution in [0.4, 0.5) is 38.3 Å². The van der Waals surface area contributed by atoms with Gasteiger partial charge in [0.05, 0.1) is 11.6 Å². The van der Waals surface area contributed by atoms with E-state index in [1.54, 1.807) is 0 Å². The van der Waals surface area contributed by atoms with Gasteiger partial charge in [-0.25, -0.2) is 13.8 Å². The number of carbonyl (C=O) groups excluding carboxylic acids is 2. The summed E-state index contributed by atoms with van der Waals surface area (Å²) in [5, 5.41) is 15.6. The Labute approximate surface area is 230 Å². The molecular formula is C25H28F8N4O3S. The normalized spacial score (nSPS) is 25.6. The summed E-state index contributed by atoms with van der Waals surface area (Å²) in [7, 11) is -10.1. The summed E-state index contributed by atoms with van der Waals surface area (Å²) in [5.41, 5.74) is -2.34. The van der Waals surface area contributed by atoms with Gasteiger partial charge in [-0.1, -0.05) is 25.5 Å². The summed E-state index contributed by atoms with van der Waals surface area (Å²) in [4.78, 5) is 29.4. The molecule has 3 N–H and O–H groups in total. The van der Waals surface area contributed by atoms with Crippen molar-refractivity contribution < 1.29 is 47.3 Å². The minimum atomic E-state index is -10.1. The van der Waals surface area contributed by atoms with E-state index in [1.165, 1.54) is 13.0 Å². The van der Waals surface area contributed by atoms with Crippen molar-refractivity contribution in [1.29, 1.82) is 0 Å². The first-order valence-corrected chi connectivity index (χ1v) is 14.5. The fraction of sp³-hybridized carbons (Fsp3) is 0.480. The fourth-order valence-corrected chi connectivity index (χ4v) is 5.65. The zero-order valence-electron chi connectivity index (χ0n) is 21.6. The topological polar surface area (TPSA) is 94.6 Å². The number of amides is 2. The van der Waals surface area contributed by atoms with Gasteiger partial charge in [0.1, 0.15) is 10.9 Å². The zero-order valence-corrected chi connectivity index (χ0v) is 22.4. The maximum atomic E-state index is 15.0. The van der Waals surface area contributed by atoms with Crippen molar-refractivity contribution in [3.05, 3.63) is 54.1 Å². The van der Waals surface area contributed by atoms with Crippen molar-refractivity contribution in [2.45, 2.75) is 73.6 Å². The molecule has 7 nitrogen and oxygen atoms in total. The van der Waals surface area contributed by atoms with E-state index in [9.17, 15) is 42.9 Å². The summed E-state index contributed by atoms with van der Waals surface area (Å²) >= 11 is 0. The maximum absolute atomic E-state index is 15.0. The molecule has 228 valence electrons. The van der Waals surface area contributed by atoms with Crippen molar-refractivity contribution in [3.63, 3.8) is 0 Å². The molecule has 0 radical (unpaired) electrons. The number of carbonyl (C=O) groups is 2. The molecular weight excluding hydrogens is 588 g/mol. The van der Waals surface area contributed by atoms with Gasteiger partial charge in [0.15, 0.2) is 0 Å². The lowest BCUT2D eigenvalue weighted by atomic mass is 9.91. The molecule has 2 amide bonds. The van der Waals surface area contributed by atoms with Gasteiger partial charge in [0.25, 0.3) is 0 Å². The van der Waals surface area contributed by atoms with Crippen LogP contribution in [0.2, 0.25) is 0 Å². The number of alkyl halides is 2. The Morgan fingerprint density at radius 3 is 2.22 bits per heavy atom. The number of hydrogen-bond donors (Lipinski definition) is 3. The monoisotopic (exact) mass is 616 g/mol. The van der Waals surface area contributed by atoms with Gasteiger partial charge in [-0.3, -0.25) is 14.5 Å². The highest BCUT2D eigenvalue weighted by molar-refractivity contribution is 8.45. The predicted octanol–water partition coefficient (Wildman–Crippen LogP) is 5.76. The van der Waals surface area contributed by atoms with Crippen LogP contribution in [0.25, 0.3) is 0 Å². The van der Waals surface area contributed by atoms with Gasteiger partial charge in [0, 0.05) is 49.3 Å². The number of benzene rings is 1. The zero-order chi connectivity index (χ0) is 30.5. The van der Waals surface area contributed by atoms with E-state index in [0.29, 0.717) is 17.0 Å². The number of nitrogens with one attached hydrogen (secondary N) is 2. The van der Waals surface area contributed by atoms with E-state index in [1.807, 2.05) is 0 Å². The Morgan fingerprint density at radius 1 is 1.10 bits per heavy atom. The summed E-state index contributed by atoms with van der Waals surface area (Å²) in [6, 6.07) is -0.397. The molecule has 2 aliphatic rings. The molecule has 2 aromatic rings. The van der Waals surface area contributed by atoms with Crippen LogP contribution in [0.3, 0.4) is 0 Å². The lowest BCUT2D eigenvalue weighted by molar-refractivity contribution is -0.128. The Bertz CT molecular complexity index is 1320. The van der Waals surface area contributed by atoms with Crippen molar-refractivity contribution in [1.82, 2.24) is 15.6 Å². The number of aliphatic hydroxyl groups is 1. The Hall–Kier alpha value is -2.98. The van der Waals surface area contributed by atoms with E-state index in [2.05, 4.69) is 15.6 Å². The second-order valence-electron chi connectivity index (χ2n) is 10.7. The van der Waals surface area contributed by atoms with E-state index in [0.717, 1.165) is 12.3 Å². The molecule has 2 fully saturated rings. The number of β-amino-alcohol motifs (C(OH)–C–C–N with tert-alkyl or cyclic N) is 1. The van der Waals surface area contributed by atoms with Crippen molar-refractivity contribution in [2.24, 2.45) is 0 Å². The van der Waals surface area contributed by atoms with Crippen LogP contribution < -0.4 is 15.5 Å². The summed E-state index contributed by atoms with van der Waals surface area (Å²) in [5.74, 6) is -6.19. The lowest BCUT2D eigenvalue weighted by Crippen LogP contribution is -2.52. The van der Waals surface area contributed by atoms with Gasteiger partial charge < -0.3 is 15.7 Å². The van der Waals surface area contributed by atoms with Gasteiger partial charge in [-0.15, -0.1) is 0 Å². The van der Waals surface area contributed by atoms with Gasteiger partial charge in [-0.2, -0.15) is 4.39 Å². The van der Waals surface area contributed by atoms with Crippen molar-refractivity contribution in [3.8, 4) is 0 Å². The summed E-state index contributed by atoms with van der Waals surface area (Å²) in [6.45, 7) is 1.33. The van der Waals surface area contributed by atoms with Crippen LogP contribution in [0, 0.1) is 5.95 Å². The largest absolute Gasteiger partial charge is 0.389 e. The van der Waals surface area contributed by atoms with E-state index in [4.69, 9.17) is 0 Å². The molecule has 0 spiro atoms. The molecule has 1 aliphatic carbocycles. The highest BCUT2D eigenvalue weighted by atomic mass is 32.5. The number of hydrogen-bond acceptors (Lipinski definition) is 5. The van der Waals surface area contributed by atoms with Crippen molar-refractivity contribution >= 4 is 27.7 Å². The first-order valence-electron chi connectivity index (χ1n) is 12.6. The Balaban J connectivity index is 1.80. The van der Waals surface area contributed by atoms with Crippen LogP contribution in [-0.4, -0.2) is 52.1 Å². The Morgan fingerprint density at radius 2 is 1.71 bits per heavy atom. The Kier molecular flexibility index (Phi) is 7.40. The lowest BCUT2D eigenvalue weighted by Gasteiger charge is -2.41. The third-order valence-corrected chi connectivity index (χ3v) is 8.28. The van der Waals surface area contributed by atoms with E-state index >= 15 is 4.39 Å². The third-order valence-electron chi connectivity index (χ3n) is 7.12.